The van der Waals surface area contributed by atoms with Gasteiger partial charge in [-0.15, -0.1) is 0 Å². The van der Waals surface area contributed by atoms with E-state index in [4.69, 9.17) is 29.6 Å². The van der Waals surface area contributed by atoms with Crippen LogP contribution in [-0.4, -0.2) is 4.99 Å². The minimum absolute atomic E-state index is 0.0191. The van der Waals surface area contributed by atoms with Gasteiger partial charge in [0.25, 0.3) is 0 Å². The molecule has 0 amide bonds. The van der Waals surface area contributed by atoms with Crippen LogP contribution >= 0.6 is 23.8 Å². The highest BCUT2D eigenvalue weighted by Gasteiger charge is 2.13. The van der Waals surface area contributed by atoms with Crippen molar-refractivity contribution in [2.24, 2.45) is 5.73 Å². The van der Waals surface area contributed by atoms with Crippen LogP contribution in [0, 0.1) is 18.6 Å². The molecule has 0 atom stereocenters. The van der Waals surface area contributed by atoms with Crippen LogP contribution in [0.5, 0.6) is 0 Å². The molecule has 2 aromatic carbocycles. The van der Waals surface area contributed by atoms with E-state index in [-0.39, 0.29) is 15.7 Å². The number of hydrogen-bond acceptors (Lipinski definition) is 2. The molecule has 0 saturated heterocycles. The molecule has 0 heterocycles. The number of benzene rings is 2. The van der Waals surface area contributed by atoms with Gasteiger partial charge in [-0.3, -0.25) is 0 Å². The third kappa shape index (κ3) is 3.05. The molecule has 0 aromatic heterocycles. The molecule has 0 aliphatic heterocycles. The first-order valence-corrected chi connectivity index (χ1v) is 6.49. The van der Waals surface area contributed by atoms with Crippen molar-refractivity contribution in [3.63, 3.8) is 0 Å². The predicted molar refractivity (Wildman–Crippen MR) is 81.7 cm³/mol. The van der Waals surface area contributed by atoms with Gasteiger partial charge in [0.15, 0.2) is 5.82 Å². The third-order valence-corrected chi connectivity index (χ3v) is 3.23. The van der Waals surface area contributed by atoms with Crippen LogP contribution < -0.4 is 11.1 Å². The average Bonchev–Trinajstić information content (AvgIpc) is 2.34. The number of nitrogens with one attached hydrogen (secondary N) is 1. The van der Waals surface area contributed by atoms with E-state index in [0.29, 0.717) is 11.3 Å². The minimum atomic E-state index is -0.788. The summed E-state index contributed by atoms with van der Waals surface area (Å²) in [4.78, 5) is 0.176. The highest BCUT2D eigenvalue weighted by Crippen LogP contribution is 2.31. The fraction of sp³-hybridized carbons (Fsp3) is 0.0714. The monoisotopic (exact) mass is 312 g/mol. The van der Waals surface area contributed by atoms with Crippen LogP contribution in [0.25, 0.3) is 0 Å². The maximum Gasteiger partial charge on any atom is 0.151 e. The van der Waals surface area contributed by atoms with Crippen LogP contribution in [0.15, 0.2) is 30.3 Å². The van der Waals surface area contributed by atoms with E-state index in [1.807, 2.05) is 13.0 Å². The molecular weight excluding hydrogens is 302 g/mol. The number of anilines is 2. The van der Waals surface area contributed by atoms with E-state index in [1.54, 1.807) is 12.1 Å². The number of aryl methyl sites for hydroxylation is 1. The van der Waals surface area contributed by atoms with E-state index in [1.165, 1.54) is 0 Å². The van der Waals surface area contributed by atoms with Gasteiger partial charge in [0.1, 0.15) is 10.8 Å². The Morgan fingerprint density at radius 1 is 1.25 bits per heavy atom. The van der Waals surface area contributed by atoms with Gasteiger partial charge < -0.3 is 11.1 Å². The summed E-state index contributed by atoms with van der Waals surface area (Å²) in [5, 5.41) is 2.75. The largest absolute Gasteiger partial charge is 0.389 e. The van der Waals surface area contributed by atoms with Gasteiger partial charge in [-0.05, 0) is 25.1 Å². The smallest absolute Gasteiger partial charge is 0.151 e. The number of hydrogen-bond donors (Lipinski definition) is 2. The summed E-state index contributed by atoms with van der Waals surface area (Å²) in [6, 6.07) is 7.09. The molecule has 0 fully saturated rings. The summed E-state index contributed by atoms with van der Waals surface area (Å²) < 4.78 is 26.8. The highest BCUT2D eigenvalue weighted by atomic mass is 35.5. The summed E-state index contributed by atoms with van der Waals surface area (Å²) in [6.07, 6.45) is 0. The maximum atomic E-state index is 13.8. The molecule has 104 valence electrons. The topological polar surface area (TPSA) is 38.0 Å². The Balaban J connectivity index is 2.48. The van der Waals surface area contributed by atoms with Gasteiger partial charge in [0, 0.05) is 17.3 Å². The maximum absolute atomic E-state index is 13.8. The SMILES string of the molecule is Cc1ccc(Nc2c(F)cc(F)cc2Cl)c(C(N)=S)c1. The lowest BCUT2D eigenvalue weighted by Gasteiger charge is -2.14. The first kappa shape index (κ1) is 14.7. The highest BCUT2D eigenvalue weighted by molar-refractivity contribution is 7.80. The Kier molecular flexibility index (Phi) is 4.20. The van der Waals surface area contributed by atoms with Crippen LogP contribution in [0.2, 0.25) is 5.02 Å². The number of rotatable bonds is 3. The number of halogens is 3. The first-order valence-electron chi connectivity index (χ1n) is 5.70. The lowest BCUT2D eigenvalue weighted by atomic mass is 10.1. The van der Waals surface area contributed by atoms with Crippen molar-refractivity contribution in [1.82, 2.24) is 0 Å². The van der Waals surface area contributed by atoms with Gasteiger partial charge in [-0.2, -0.15) is 0 Å². The Hall–Kier alpha value is -1.72. The zero-order valence-electron chi connectivity index (χ0n) is 10.5. The molecule has 0 spiro atoms. The van der Waals surface area contributed by atoms with Gasteiger partial charge in [-0.1, -0.05) is 35.4 Å². The van der Waals surface area contributed by atoms with Crippen LogP contribution in [0.3, 0.4) is 0 Å². The van der Waals surface area contributed by atoms with Crippen molar-refractivity contribution >= 4 is 40.2 Å². The Morgan fingerprint density at radius 2 is 1.95 bits per heavy atom. The number of thiocarbonyl (C=S) groups is 1. The van der Waals surface area contributed by atoms with E-state index < -0.39 is 11.6 Å². The summed E-state index contributed by atoms with van der Waals surface area (Å²) in [5.41, 5.74) is 7.66. The molecule has 0 bridgehead atoms. The molecule has 0 unspecified atom stereocenters. The lowest BCUT2D eigenvalue weighted by Crippen LogP contribution is -2.12. The second kappa shape index (κ2) is 5.73. The third-order valence-electron chi connectivity index (χ3n) is 2.71. The Morgan fingerprint density at radius 3 is 2.55 bits per heavy atom. The van der Waals surface area contributed by atoms with E-state index >= 15 is 0 Å². The zero-order valence-corrected chi connectivity index (χ0v) is 12.1. The van der Waals surface area contributed by atoms with Gasteiger partial charge in [0.2, 0.25) is 0 Å². The zero-order chi connectivity index (χ0) is 14.9. The molecule has 3 N–H and O–H groups in total. The Bertz CT molecular complexity index is 666. The standard InChI is InChI=1S/C14H11ClF2N2S/c1-7-2-3-12(9(4-7)14(18)20)19-13-10(15)5-8(16)6-11(13)17/h2-6,19H,1H3,(H2,18,20). The normalized spacial score (nSPS) is 10.4. The van der Waals surface area contributed by atoms with Gasteiger partial charge in [0.05, 0.1) is 10.7 Å². The fourth-order valence-corrected chi connectivity index (χ4v) is 2.18. The van der Waals surface area contributed by atoms with Crippen molar-refractivity contribution < 1.29 is 8.78 Å². The van der Waals surface area contributed by atoms with Crippen molar-refractivity contribution in [1.29, 1.82) is 0 Å². The van der Waals surface area contributed by atoms with Crippen LogP contribution in [0.4, 0.5) is 20.2 Å². The van der Waals surface area contributed by atoms with E-state index in [9.17, 15) is 8.78 Å². The van der Waals surface area contributed by atoms with Crippen LogP contribution in [-0.2, 0) is 0 Å². The number of nitrogens with two attached hydrogens (primary N) is 1. The van der Waals surface area contributed by atoms with Gasteiger partial charge >= 0.3 is 0 Å². The van der Waals surface area contributed by atoms with Crippen molar-refractivity contribution in [2.45, 2.75) is 6.92 Å². The molecule has 2 aromatic rings. The summed E-state index contributed by atoms with van der Waals surface area (Å²) in [7, 11) is 0. The quantitative estimate of drug-likeness (QED) is 0.830. The van der Waals surface area contributed by atoms with Crippen LogP contribution in [0.1, 0.15) is 11.1 Å². The van der Waals surface area contributed by atoms with Crippen molar-refractivity contribution in [3.8, 4) is 0 Å². The second-order valence-corrected chi connectivity index (χ2v) is 5.13. The molecule has 6 heteroatoms. The summed E-state index contributed by atoms with van der Waals surface area (Å²) in [5.74, 6) is -1.53. The van der Waals surface area contributed by atoms with Crippen molar-refractivity contribution in [3.05, 3.63) is 58.1 Å². The minimum Gasteiger partial charge on any atom is -0.389 e. The molecule has 0 aliphatic rings. The first-order chi connectivity index (χ1) is 9.38. The average molecular weight is 313 g/mol. The van der Waals surface area contributed by atoms with E-state index in [2.05, 4.69) is 5.32 Å². The predicted octanol–water partition coefficient (Wildman–Crippen LogP) is 4.30. The molecule has 0 saturated carbocycles. The summed E-state index contributed by atoms with van der Waals surface area (Å²) in [6.45, 7) is 1.89. The molecule has 2 rings (SSSR count). The molecule has 0 aliphatic carbocycles. The van der Waals surface area contributed by atoms with Gasteiger partial charge in [-0.25, -0.2) is 8.78 Å². The fourth-order valence-electron chi connectivity index (χ4n) is 1.77. The summed E-state index contributed by atoms with van der Waals surface area (Å²) >= 11 is 10.8. The molecule has 0 radical (unpaired) electrons. The second-order valence-electron chi connectivity index (χ2n) is 4.28. The molecule has 2 nitrogen and oxygen atoms in total. The van der Waals surface area contributed by atoms with Crippen molar-refractivity contribution in [2.75, 3.05) is 5.32 Å². The Labute approximate surface area is 125 Å². The molecule has 20 heavy (non-hydrogen) atoms. The lowest BCUT2D eigenvalue weighted by molar-refractivity contribution is 0.586. The molecular formula is C14H11ClF2N2S. The van der Waals surface area contributed by atoms with E-state index in [0.717, 1.165) is 17.7 Å².